The van der Waals surface area contributed by atoms with Crippen molar-refractivity contribution in [1.29, 1.82) is 0 Å². The van der Waals surface area contributed by atoms with E-state index in [0.29, 0.717) is 11.3 Å². The largest absolute Gasteiger partial charge is 0.507 e. The third-order valence-corrected chi connectivity index (χ3v) is 4.07. The number of nitrogens with zero attached hydrogens (tertiary/aromatic N) is 1. The van der Waals surface area contributed by atoms with Crippen molar-refractivity contribution in [2.45, 2.75) is 64.1 Å². The molecule has 25 heavy (non-hydrogen) atoms. The third kappa shape index (κ3) is 5.96. The Morgan fingerprint density at radius 2 is 2.04 bits per heavy atom. The molecular weight excluding hydrogens is 320 g/mol. The summed E-state index contributed by atoms with van der Waals surface area (Å²) in [7, 11) is 1.58. The molecule has 1 aromatic carbocycles. The van der Waals surface area contributed by atoms with Gasteiger partial charge in [-0.1, -0.05) is 12.8 Å². The van der Waals surface area contributed by atoms with Gasteiger partial charge in [0.15, 0.2) is 0 Å². The lowest BCUT2D eigenvalue weighted by Crippen LogP contribution is -2.46. The number of hydrogen-bond donors (Lipinski definition) is 2. The number of alkyl carbamates (subject to hydrolysis) is 1. The monoisotopic (exact) mass is 348 g/mol. The average molecular weight is 348 g/mol. The number of nitrogens with one attached hydrogen (secondary N) is 1. The van der Waals surface area contributed by atoms with Crippen LogP contribution in [0.25, 0.3) is 0 Å². The van der Waals surface area contributed by atoms with Gasteiger partial charge in [0.25, 0.3) is 0 Å². The van der Waals surface area contributed by atoms with Gasteiger partial charge in [-0.15, -0.1) is 0 Å². The van der Waals surface area contributed by atoms with Gasteiger partial charge >= 0.3 is 6.09 Å². The second-order valence-electron chi connectivity index (χ2n) is 7.31. The van der Waals surface area contributed by atoms with Gasteiger partial charge in [-0.2, -0.15) is 0 Å². The Labute approximate surface area is 149 Å². The van der Waals surface area contributed by atoms with Crippen molar-refractivity contribution < 1.29 is 19.4 Å². The van der Waals surface area contributed by atoms with Crippen molar-refractivity contribution >= 4 is 12.3 Å². The van der Waals surface area contributed by atoms with Gasteiger partial charge in [-0.3, -0.25) is 4.99 Å². The van der Waals surface area contributed by atoms with Crippen LogP contribution in [0.2, 0.25) is 0 Å². The number of benzene rings is 1. The van der Waals surface area contributed by atoms with E-state index in [0.717, 1.165) is 25.7 Å². The number of phenolic OH excluding ortho intramolecular Hbond substituents is 1. The first-order valence-corrected chi connectivity index (χ1v) is 8.68. The first kappa shape index (κ1) is 19.1. The zero-order valence-corrected chi connectivity index (χ0v) is 15.4. The summed E-state index contributed by atoms with van der Waals surface area (Å²) in [6.45, 7) is 5.53. The highest BCUT2D eigenvalue weighted by Gasteiger charge is 2.27. The smallest absolute Gasteiger partial charge is 0.407 e. The number of carbonyl (C=O) groups is 1. The molecule has 2 atom stereocenters. The van der Waals surface area contributed by atoms with Crippen LogP contribution in [-0.4, -0.2) is 42.2 Å². The second kappa shape index (κ2) is 8.23. The first-order valence-electron chi connectivity index (χ1n) is 8.68. The number of methoxy groups -OCH3 is 1. The van der Waals surface area contributed by atoms with Crippen molar-refractivity contribution in [3.8, 4) is 11.5 Å². The van der Waals surface area contributed by atoms with E-state index in [9.17, 15) is 9.90 Å². The maximum atomic E-state index is 12.0. The molecule has 1 amide bonds. The first-order chi connectivity index (χ1) is 11.8. The van der Waals surface area contributed by atoms with Gasteiger partial charge in [-0.05, 0) is 51.8 Å². The fraction of sp³-hybridized carbons (Fsp3) is 0.579. The number of phenols is 1. The zero-order valence-electron chi connectivity index (χ0n) is 15.4. The van der Waals surface area contributed by atoms with Crippen LogP contribution in [0.15, 0.2) is 23.2 Å². The fourth-order valence-electron chi connectivity index (χ4n) is 2.86. The Morgan fingerprint density at radius 3 is 2.72 bits per heavy atom. The summed E-state index contributed by atoms with van der Waals surface area (Å²) in [6, 6.07) is 4.91. The number of aromatic hydroxyl groups is 1. The van der Waals surface area contributed by atoms with Crippen molar-refractivity contribution in [3.05, 3.63) is 23.8 Å². The molecule has 2 unspecified atom stereocenters. The summed E-state index contributed by atoms with van der Waals surface area (Å²) in [6.07, 6.45) is 5.11. The molecule has 0 spiro atoms. The summed E-state index contributed by atoms with van der Waals surface area (Å²) in [5, 5.41) is 12.9. The van der Waals surface area contributed by atoms with E-state index in [1.54, 1.807) is 31.5 Å². The molecule has 0 aliphatic heterocycles. The van der Waals surface area contributed by atoms with Crippen LogP contribution in [0.3, 0.4) is 0 Å². The van der Waals surface area contributed by atoms with E-state index in [-0.39, 0.29) is 17.8 Å². The van der Waals surface area contributed by atoms with Crippen LogP contribution in [0.1, 0.15) is 52.0 Å². The van der Waals surface area contributed by atoms with Crippen molar-refractivity contribution in [2.24, 2.45) is 4.99 Å². The minimum absolute atomic E-state index is 0.0353. The average Bonchev–Trinajstić information content (AvgIpc) is 2.53. The Bertz CT molecular complexity index is 622. The number of amides is 1. The molecule has 0 bridgehead atoms. The zero-order chi connectivity index (χ0) is 18.4. The normalized spacial score (nSPS) is 21.1. The molecule has 0 aromatic heterocycles. The van der Waals surface area contributed by atoms with Gasteiger partial charge in [0.1, 0.15) is 17.1 Å². The van der Waals surface area contributed by atoms with Crippen LogP contribution in [0.4, 0.5) is 4.79 Å². The minimum Gasteiger partial charge on any atom is -0.507 e. The molecular formula is C19H28N2O4. The van der Waals surface area contributed by atoms with Gasteiger partial charge < -0.3 is 19.9 Å². The van der Waals surface area contributed by atoms with E-state index in [2.05, 4.69) is 10.3 Å². The number of rotatable bonds is 4. The van der Waals surface area contributed by atoms with Crippen molar-refractivity contribution in [1.82, 2.24) is 5.32 Å². The molecule has 1 aliphatic rings. The van der Waals surface area contributed by atoms with E-state index >= 15 is 0 Å². The summed E-state index contributed by atoms with van der Waals surface area (Å²) < 4.78 is 10.5. The van der Waals surface area contributed by atoms with E-state index in [4.69, 9.17) is 9.47 Å². The highest BCUT2D eigenvalue weighted by atomic mass is 16.6. The lowest BCUT2D eigenvalue weighted by Gasteiger charge is -2.30. The molecule has 1 aromatic rings. The van der Waals surface area contributed by atoms with E-state index in [1.807, 2.05) is 20.8 Å². The predicted octanol–water partition coefficient (Wildman–Crippen LogP) is 3.66. The van der Waals surface area contributed by atoms with Crippen LogP contribution in [-0.2, 0) is 4.74 Å². The van der Waals surface area contributed by atoms with E-state index < -0.39 is 11.7 Å². The lowest BCUT2D eigenvalue weighted by molar-refractivity contribution is 0.0486. The molecule has 1 saturated carbocycles. The van der Waals surface area contributed by atoms with E-state index in [1.165, 1.54) is 0 Å². The molecule has 2 rings (SSSR count). The maximum Gasteiger partial charge on any atom is 0.407 e. The molecule has 6 nitrogen and oxygen atoms in total. The summed E-state index contributed by atoms with van der Waals surface area (Å²) in [4.78, 5) is 16.7. The quantitative estimate of drug-likeness (QED) is 0.814. The lowest BCUT2D eigenvalue weighted by atomic mass is 9.91. The van der Waals surface area contributed by atoms with Crippen molar-refractivity contribution in [3.63, 3.8) is 0 Å². The number of carbonyl (C=O) groups excluding carboxylic acids is 1. The molecule has 1 aliphatic carbocycles. The molecule has 2 N–H and O–H groups in total. The standard InChI is InChI=1S/C19H28N2O4/c1-19(2,3)25-18(23)21-16-8-6-5-7-15(16)20-12-13-11-14(24-4)9-10-17(13)22/h9-12,15-16,22H,5-8H2,1-4H3,(H,21,23). The van der Waals surface area contributed by atoms with Crippen LogP contribution in [0, 0.1) is 0 Å². The maximum absolute atomic E-state index is 12.0. The SMILES string of the molecule is COc1ccc(O)c(C=NC2CCCCC2NC(=O)OC(C)(C)C)c1. The Hall–Kier alpha value is -2.24. The molecule has 6 heteroatoms. The number of ether oxygens (including phenoxy) is 2. The molecule has 0 saturated heterocycles. The summed E-state index contributed by atoms with van der Waals surface area (Å²) in [5.74, 6) is 0.809. The minimum atomic E-state index is -0.524. The number of aliphatic imine (C=N–C) groups is 1. The topological polar surface area (TPSA) is 80.2 Å². The Kier molecular flexibility index (Phi) is 6.28. The van der Waals surface area contributed by atoms with Gasteiger partial charge in [0.2, 0.25) is 0 Å². The summed E-state index contributed by atoms with van der Waals surface area (Å²) in [5.41, 5.74) is 0.0742. The van der Waals surface area contributed by atoms with Gasteiger partial charge in [0.05, 0.1) is 19.2 Å². The van der Waals surface area contributed by atoms with Gasteiger partial charge in [0, 0.05) is 11.8 Å². The fourth-order valence-corrected chi connectivity index (χ4v) is 2.86. The highest BCUT2D eigenvalue weighted by molar-refractivity contribution is 5.84. The molecule has 0 heterocycles. The number of hydrogen-bond acceptors (Lipinski definition) is 5. The third-order valence-electron chi connectivity index (χ3n) is 4.07. The highest BCUT2D eigenvalue weighted by Crippen LogP contribution is 2.24. The molecule has 138 valence electrons. The Balaban J connectivity index is 2.06. The van der Waals surface area contributed by atoms with Crippen LogP contribution < -0.4 is 10.1 Å². The Morgan fingerprint density at radius 1 is 1.32 bits per heavy atom. The summed E-state index contributed by atoms with van der Waals surface area (Å²) >= 11 is 0. The molecule has 0 radical (unpaired) electrons. The second-order valence-corrected chi connectivity index (χ2v) is 7.31. The van der Waals surface area contributed by atoms with Crippen molar-refractivity contribution in [2.75, 3.05) is 7.11 Å². The van der Waals surface area contributed by atoms with Crippen LogP contribution >= 0.6 is 0 Å². The molecule has 1 fully saturated rings. The predicted molar refractivity (Wildman–Crippen MR) is 97.7 cm³/mol. The van der Waals surface area contributed by atoms with Crippen LogP contribution in [0.5, 0.6) is 11.5 Å². The van der Waals surface area contributed by atoms with Gasteiger partial charge in [-0.25, -0.2) is 4.79 Å².